The fourth-order valence-corrected chi connectivity index (χ4v) is 3.36. The summed E-state index contributed by atoms with van der Waals surface area (Å²) in [5.74, 6) is 1.29. The Labute approximate surface area is 141 Å². The fourth-order valence-electron chi connectivity index (χ4n) is 2.15. The quantitative estimate of drug-likeness (QED) is 0.746. The van der Waals surface area contributed by atoms with Gasteiger partial charge in [-0.15, -0.1) is 5.10 Å². The number of benzene rings is 1. The second-order valence-corrected chi connectivity index (χ2v) is 7.03. The van der Waals surface area contributed by atoms with Crippen molar-refractivity contribution in [1.82, 2.24) is 24.9 Å². The molecular formula is C14H21N5O4S. The Balaban J connectivity index is 2.13. The first-order chi connectivity index (χ1) is 11.4. The number of ether oxygens (including phenoxy) is 2. The first-order valence-corrected chi connectivity index (χ1v) is 8.85. The number of hydrogen-bond acceptors (Lipinski definition) is 7. The van der Waals surface area contributed by atoms with E-state index in [2.05, 4.69) is 20.2 Å². The molecule has 1 aromatic heterocycles. The average molecular weight is 355 g/mol. The molecule has 0 aliphatic carbocycles. The number of sulfonamides is 1. The molecule has 0 aliphatic rings. The van der Waals surface area contributed by atoms with E-state index < -0.39 is 10.0 Å². The van der Waals surface area contributed by atoms with Gasteiger partial charge < -0.3 is 9.47 Å². The lowest BCUT2D eigenvalue weighted by atomic mass is 10.3. The number of aromatic nitrogens is 4. The van der Waals surface area contributed by atoms with E-state index in [-0.39, 0.29) is 23.2 Å². The predicted octanol–water partition coefficient (Wildman–Crippen LogP) is 0.792. The van der Waals surface area contributed by atoms with Crippen LogP contribution in [0.5, 0.6) is 11.5 Å². The van der Waals surface area contributed by atoms with Gasteiger partial charge in [-0.2, -0.15) is 0 Å². The summed E-state index contributed by atoms with van der Waals surface area (Å²) in [5, 5.41) is 11.4. The van der Waals surface area contributed by atoms with Crippen molar-refractivity contribution >= 4 is 10.0 Å². The van der Waals surface area contributed by atoms with Crippen molar-refractivity contribution in [2.75, 3.05) is 20.8 Å². The lowest BCUT2D eigenvalue weighted by molar-refractivity contribution is 0.392. The Bertz CT molecular complexity index is 788. The van der Waals surface area contributed by atoms with Gasteiger partial charge in [-0.3, -0.25) is 0 Å². The Morgan fingerprint density at radius 2 is 2.00 bits per heavy atom. The molecule has 10 heteroatoms. The largest absolute Gasteiger partial charge is 0.497 e. The van der Waals surface area contributed by atoms with Gasteiger partial charge in [0.15, 0.2) is 5.82 Å². The first-order valence-electron chi connectivity index (χ1n) is 7.37. The summed E-state index contributed by atoms with van der Waals surface area (Å²) >= 11 is 0. The second-order valence-electron chi connectivity index (χ2n) is 5.30. The van der Waals surface area contributed by atoms with E-state index in [1.54, 1.807) is 16.8 Å². The van der Waals surface area contributed by atoms with Crippen LogP contribution >= 0.6 is 0 Å². The van der Waals surface area contributed by atoms with Gasteiger partial charge in [0.05, 0.1) is 20.3 Å². The molecule has 2 rings (SSSR count). The van der Waals surface area contributed by atoms with Crippen molar-refractivity contribution in [3.8, 4) is 11.5 Å². The molecule has 2 aromatic rings. The highest BCUT2D eigenvalue weighted by Crippen LogP contribution is 2.27. The van der Waals surface area contributed by atoms with E-state index in [4.69, 9.17) is 9.47 Å². The Kier molecular flexibility index (Phi) is 5.73. The number of tetrazole rings is 1. The monoisotopic (exact) mass is 355 g/mol. The molecule has 0 amide bonds. The molecule has 132 valence electrons. The van der Waals surface area contributed by atoms with Crippen LogP contribution in [0.15, 0.2) is 23.1 Å². The highest BCUT2D eigenvalue weighted by molar-refractivity contribution is 7.89. The van der Waals surface area contributed by atoms with Crippen molar-refractivity contribution in [2.24, 2.45) is 0 Å². The third kappa shape index (κ3) is 4.01. The number of hydrogen-bond donors (Lipinski definition) is 1. The number of nitrogens with zero attached hydrogens (tertiary/aromatic N) is 4. The molecule has 24 heavy (non-hydrogen) atoms. The van der Waals surface area contributed by atoms with Gasteiger partial charge in [0.2, 0.25) is 10.0 Å². The highest BCUT2D eigenvalue weighted by atomic mass is 32.2. The van der Waals surface area contributed by atoms with E-state index >= 15 is 0 Å². The number of rotatable bonds is 8. The van der Waals surface area contributed by atoms with E-state index in [0.717, 1.165) is 0 Å². The molecule has 0 saturated heterocycles. The molecule has 0 radical (unpaired) electrons. The van der Waals surface area contributed by atoms with Crippen LogP contribution < -0.4 is 14.2 Å². The molecule has 0 atom stereocenters. The zero-order valence-electron chi connectivity index (χ0n) is 14.1. The third-order valence-corrected chi connectivity index (χ3v) is 4.83. The molecule has 0 fully saturated rings. The second kappa shape index (κ2) is 7.58. The van der Waals surface area contributed by atoms with Crippen LogP contribution in [0, 0.1) is 0 Å². The standard InChI is InChI=1S/C14H21N5O4S/c1-10(2)19-14(16-17-18-19)7-8-15-24(20,21)13-9-11(22-3)5-6-12(13)23-4/h5-6,9-10,15H,7-8H2,1-4H3. The van der Waals surface area contributed by atoms with Crippen molar-refractivity contribution in [2.45, 2.75) is 31.2 Å². The Morgan fingerprint density at radius 1 is 1.25 bits per heavy atom. The molecule has 0 unspecified atom stereocenters. The highest BCUT2D eigenvalue weighted by Gasteiger charge is 2.20. The first kappa shape index (κ1) is 18.1. The summed E-state index contributed by atoms with van der Waals surface area (Å²) in [7, 11) is -0.871. The van der Waals surface area contributed by atoms with Crippen LogP contribution in [0.1, 0.15) is 25.7 Å². The van der Waals surface area contributed by atoms with Crippen LogP contribution in [0.3, 0.4) is 0 Å². The lowest BCUT2D eigenvalue weighted by Gasteiger charge is -2.12. The van der Waals surface area contributed by atoms with Gasteiger partial charge in [-0.05, 0) is 36.4 Å². The summed E-state index contributed by atoms with van der Waals surface area (Å²) < 4.78 is 39.4. The smallest absolute Gasteiger partial charge is 0.244 e. The molecule has 0 saturated carbocycles. The maximum absolute atomic E-state index is 12.5. The summed E-state index contributed by atoms with van der Waals surface area (Å²) in [6.45, 7) is 4.06. The normalized spacial score (nSPS) is 11.7. The van der Waals surface area contributed by atoms with Gasteiger partial charge >= 0.3 is 0 Å². The molecule has 1 N–H and O–H groups in total. The van der Waals surface area contributed by atoms with Crippen molar-refractivity contribution in [3.63, 3.8) is 0 Å². The van der Waals surface area contributed by atoms with Gasteiger partial charge in [-0.1, -0.05) is 0 Å². The average Bonchev–Trinajstić information content (AvgIpc) is 3.02. The maximum atomic E-state index is 12.5. The summed E-state index contributed by atoms with van der Waals surface area (Å²) in [5.41, 5.74) is 0. The molecule has 1 heterocycles. The van der Waals surface area contributed by atoms with Crippen molar-refractivity contribution < 1.29 is 17.9 Å². The van der Waals surface area contributed by atoms with Crippen molar-refractivity contribution in [1.29, 1.82) is 0 Å². The topological polar surface area (TPSA) is 108 Å². The van der Waals surface area contributed by atoms with Crippen molar-refractivity contribution in [3.05, 3.63) is 24.0 Å². The van der Waals surface area contributed by atoms with Crippen LogP contribution in [0.2, 0.25) is 0 Å². The van der Waals surface area contributed by atoms with Gasteiger partial charge in [0.1, 0.15) is 16.4 Å². The number of nitrogens with one attached hydrogen (secondary N) is 1. The third-order valence-electron chi connectivity index (χ3n) is 3.35. The zero-order valence-corrected chi connectivity index (χ0v) is 14.9. The van der Waals surface area contributed by atoms with E-state index in [1.807, 2.05) is 13.8 Å². The van der Waals surface area contributed by atoms with Gasteiger partial charge in [-0.25, -0.2) is 17.8 Å². The minimum absolute atomic E-state index is 0.0211. The Morgan fingerprint density at radius 3 is 2.62 bits per heavy atom. The maximum Gasteiger partial charge on any atom is 0.244 e. The minimum atomic E-state index is -3.75. The number of methoxy groups -OCH3 is 2. The summed E-state index contributed by atoms with van der Waals surface area (Å²) in [6.07, 6.45) is 0.372. The van der Waals surface area contributed by atoms with E-state index in [9.17, 15) is 8.42 Å². The van der Waals surface area contributed by atoms with Gasteiger partial charge in [0, 0.05) is 19.0 Å². The van der Waals surface area contributed by atoms with E-state index in [0.29, 0.717) is 18.0 Å². The SMILES string of the molecule is COc1ccc(OC)c(S(=O)(=O)NCCc2nnnn2C(C)C)c1. The molecule has 0 spiro atoms. The zero-order chi connectivity index (χ0) is 17.7. The molecule has 1 aromatic carbocycles. The summed E-state index contributed by atoms with van der Waals surface area (Å²) in [6, 6.07) is 4.70. The van der Waals surface area contributed by atoms with E-state index in [1.165, 1.54) is 20.3 Å². The minimum Gasteiger partial charge on any atom is -0.497 e. The molecular weight excluding hydrogens is 334 g/mol. The van der Waals surface area contributed by atoms with Crippen LogP contribution in [-0.2, 0) is 16.4 Å². The lowest BCUT2D eigenvalue weighted by Crippen LogP contribution is -2.27. The molecule has 0 aliphatic heterocycles. The van der Waals surface area contributed by atoms with Crippen LogP contribution in [0.25, 0.3) is 0 Å². The van der Waals surface area contributed by atoms with Crippen LogP contribution in [0.4, 0.5) is 0 Å². The fraction of sp³-hybridized carbons (Fsp3) is 0.500. The Hall–Kier alpha value is -2.20. The van der Waals surface area contributed by atoms with Gasteiger partial charge in [0.25, 0.3) is 0 Å². The molecule has 0 bridgehead atoms. The molecule has 9 nitrogen and oxygen atoms in total. The van der Waals surface area contributed by atoms with Crippen LogP contribution in [-0.4, -0.2) is 49.4 Å². The predicted molar refractivity (Wildman–Crippen MR) is 86.6 cm³/mol. The summed E-state index contributed by atoms with van der Waals surface area (Å²) in [4.78, 5) is 0.0211.